The lowest BCUT2D eigenvalue weighted by atomic mass is 10.1. The first-order valence-corrected chi connectivity index (χ1v) is 8.47. The van der Waals surface area contributed by atoms with Gasteiger partial charge in [0.15, 0.2) is 5.78 Å². The Morgan fingerprint density at radius 3 is 1.92 bits per heavy atom. The minimum absolute atomic E-state index is 0.0343. The van der Waals surface area contributed by atoms with E-state index in [1.807, 2.05) is 91.0 Å². The zero-order chi connectivity index (χ0) is 18.0. The quantitative estimate of drug-likeness (QED) is 0.420. The van der Waals surface area contributed by atoms with Crippen molar-refractivity contribution in [1.82, 2.24) is 5.32 Å². The second-order valence-corrected chi connectivity index (χ2v) is 5.68. The maximum absolute atomic E-state index is 12.5. The van der Waals surface area contributed by atoms with Crippen LogP contribution in [0.3, 0.4) is 0 Å². The highest BCUT2D eigenvalue weighted by Gasteiger charge is 2.06. The van der Waals surface area contributed by atoms with Crippen molar-refractivity contribution in [2.75, 3.05) is 6.54 Å². The average molecular weight is 337 g/mol. The molecule has 3 rings (SSSR count). The van der Waals surface area contributed by atoms with Crippen molar-refractivity contribution in [3.05, 3.63) is 114 Å². The first-order chi connectivity index (χ1) is 12.8. The van der Waals surface area contributed by atoms with E-state index < -0.39 is 0 Å². The Labute approximate surface area is 154 Å². The Balaban J connectivity index is 1.77. The van der Waals surface area contributed by atoms with Crippen LogP contribution in [0.1, 0.15) is 21.5 Å². The number of ketones is 1. The Hall–Kier alpha value is -3.57. The summed E-state index contributed by atoms with van der Waals surface area (Å²) in [6.45, 7) is 0.456. The van der Waals surface area contributed by atoms with Crippen LogP contribution >= 0.6 is 0 Å². The van der Waals surface area contributed by atoms with E-state index in [4.69, 9.17) is 0 Å². The molecule has 0 atom stereocenters. The van der Waals surface area contributed by atoms with Crippen LogP contribution in [0.15, 0.2) is 97.1 Å². The fourth-order valence-corrected chi connectivity index (χ4v) is 2.48. The van der Waals surface area contributed by atoms with Gasteiger partial charge in [0.1, 0.15) is 0 Å². The molecule has 126 valence electrons. The van der Waals surface area contributed by atoms with Crippen molar-refractivity contribution in [2.24, 2.45) is 0 Å². The lowest BCUT2D eigenvalue weighted by Gasteiger charge is -2.09. The molecule has 0 fully saturated rings. The van der Waals surface area contributed by atoms with Gasteiger partial charge in [0.2, 0.25) is 0 Å². The molecule has 0 spiro atoms. The number of benzene rings is 3. The Morgan fingerprint density at radius 2 is 1.31 bits per heavy atom. The molecule has 0 heterocycles. The summed E-state index contributed by atoms with van der Waals surface area (Å²) >= 11 is 0. The van der Waals surface area contributed by atoms with Crippen molar-refractivity contribution in [1.29, 1.82) is 0 Å². The van der Waals surface area contributed by atoms with Gasteiger partial charge in [0.25, 0.3) is 0 Å². The van der Waals surface area contributed by atoms with Gasteiger partial charge in [-0.1, -0.05) is 90.7 Å². The van der Waals surface area contributed by atoms with Gasteiger partial charge in [-0.05, 0) is 17.7 Å². The number of carbonyl (C=O) groups is 1. The van der Waals surface area contributed by atoms with E-state index in [2.05, 4.69) is 17.2 Å². The van der Waals surface area contributed by atoms with Crippen molar-refractivity contribution < 1.29 is 4.79 Å². The third kappa shape index (κ3) is 4.96. The predicted octanol–water partition coefficient (Wildman–Crippen LogP) is 4.55. The topological polar surface area (TPSA) is 29.1 Å². The van der Waals surface area contributed by atoms with E-state index in [0.717, 1.165) is 16.8 Å². The fourth-order valence-electron chi connectivity index (χ4n) is 2.48. The van der Waals surface area contributed by atoms with Crippen LogP contribution in [0.2, 0.25) is 0 Å². The van der Waals surface area contributed by atoms with Gasteiger partial charge in [0.05, 0.1) is 6.54 Å². The zero-order valence-corrected chi connectivity index (χ0v) is 14.4. The molecule has 0 aliphatic heterocycles. The number of hydrogen-bond donors (Lipinski definition) is 1. The van der Waals surface area contributed by atoms with E-state index in [1.54, 1.807) is 6.08 Å². The number of hydrogen-bond acceptors (Lipinski definition) is 2. The monoisotopic (exact) mass is 337 g/mol. The molecule has 0 bridgehead atoms. The number of carbonyl (C=O) groups excluding carboxylic acids is 1. The molecule has 3 aromatic carbocycles. The molecular weight excluding hydrogens is 318 g/mol. The third-order valence-electron chi connectivity index (χ3n) is 3.79. The Morgan fingerprint density at radius 1 is 0.769 bits per heavy atom. The van der Waals surface area contributed by atoms with Gasteiger partial charge in [0, 0.05) is 22.9 Å². The molecular formula is C24H19NO. The van der Waals surface area contributed by atoms with E-state index in [0.29, 0.717) is 12.1 Å². The maximum atomic E-state index is 12.5. The highest BCUT2D eigenvalue weighted by atomic mass is 16.1. The Bertz CT molecular complexity index is 933. The van der Waals surface area contributed by atoms with Crippen molar-refractivity contribution in [3.63, 3.8) is 0 Å². The minimum Gasteiger partial charge on any atom is -0.374 e. The largest absolute Gasteiger partial charge is 0.374 e. The molecule has 0 saturated heterocycles. The zero-order valence-electron chi connectivity index (χ0n) is 14.4. The molecule has 0 saturated carbocycles. The van der Waals surface area contributed by atoms with Gasteiger partial charge >= 0.3 is 0 Å². The van der Waals surface area contributed by atoms with Crippen LogP contribution in [0, 0.1) is 11.8 Å². The average Bonchev–Trinajstić information content (AvgIpc) is 2.72. The predicted molar refractivity (Wildman–Crippen MR) is 107 cm³/mol. The van der Waals surface area contributed by atoms with Crippen molar-refractivity contribution in [3.8, 4) is 11.8 Å². The van der Waals surface area contributed by atoms with Gasteiger partial charge in [-0.25, -0.2) is 0 Å². The molecule has 2 nitrogen and oxygen atoms in total. The standard InChI is InChI=1S/C24H19NO/c26-24(22-16-8-3-9-17-22)19-23(21-14-6-2-7-15-21)25-18-10-13-20-11-4-1-5-12-20/h1-9,11-12,14-17,19,25H,18H2/b23-19-. The lowest BCUT2D eigenvalue weighted by Crippen LogP contribution is -2.14. The fraction of sp³-hybridized carbons (Fsp3) is 0.0417. The van der Waals surface area contributed by atoms with Crippen LogP contribution in [0.5, 0.6) is 0 Å². The van der Waals surface area contributed by atoms with E-state index in [-0.39, 0.29) is 5.78 Å². The van der Waals surface area contributed by atoms with Crippen LogP contribution < -0.4 is 5.32 Å². The second-order valence-electron chi connectivity index (χ2n) is 5.68. The smallest absolute Gasteiger partial charge is 0.187 e. The van der Waals surface area contributed by atoms with Gasteiger partial charge in [-0.15, -0.1) is 0 Å². The molecule has 0 amide bonds. The molecule has 0 radical (unpaired) electrons. The second kappa shape index (κ2) is 9.05. The number of allylic oxidation sites excluding steroid dienone is 1. The molecule has 0 aliphatic rings. The first-order valence-electron chi connectivity index (χ1n) is 8.47. The van der Waals surface area contributed by atoms with Crippen LogP contribution in [-0.4, -0.2) is 12.3 Å². The molecule has 26 heavy (non-hydrogen) atoms. The summed E-state index contributed by atoms with van der Waals surface area (Å²) in [5.41, 5.74) is 3.36. The normalized spacial score (nSPS) is 10.5. The highest BCUT2D eigenvalue weighted by Crippen LogP contribution is 2.13. The van der Waals surface area contributed by atoms with E-state index >= 15 is 0 Å². The number of rotatable bonds is 5. The van der Waals surface area contributed by atoms with Gasteiger partial charge < -0.3 is 5.32 Å². The maximum Gasteiger partial charge on any atom is 0.187 e. The van der Waals surface area contributed by atoms with Crippen LogP contribution in [0.25, 0.3) is 5.70 Å². The van der Waals surface area contributed by atoms with E-state index in [9.17, 15) is 4.79 Å². The molecule has 0 aliphatic carbocycles. The summed E-state index contributed by atoms with van der Waals surface area (Å²) in [5.74, 6) is 6.18. The summed E-state index contributed by atoms with van der Waals surface area (Å²) in [4.78, 5) is 12.5. The van der Waals surface area contributed by atoms with Gasteiger partial charge in [-0.2, -0.15) is 0 Å². The summed E-state index contributed by atoms with van der Waals surface area (Å²) in [5, 5.41) is 3.27. The van der Waals surface area contributed by atoms with Gasteiger partial charge in [-0.3, -0.25) is 4.79 Å². The van der Waals surface area contributed by atoms with E-state index in [1.165, 1.54) is 0 Å². The summed E-state index contributed by atoms with van der Waals surface area (Å²) in [6.07, 6.45) is 1.63. The molecule has 1 N–H and O–H groups in total. The summed E-state index contributed by atoms with van der Waals surface area (Å²) in [6, 6.07) is 28.9. The van der Waals surface area contributed by atoms with Crippen molar-refractivity contribution >= 4 is 11.5 Å². The third-order valence-corrected chi connectivity index (χ3v) is 3.79. The van der Waals surface area contributed by atoms with Crippen molar-refractivity contribution in [2.45, 2.75) is 0 Å². The Kier molecular flexibility index (Phi) is 6.01. The SMILES string of the molecule is O=C(/C=C(\NCC#Cc1ccccc1)c1ccccc1)c1ccccc1. The highest BCUT2D eigenvalue weighted by molar-refractivity contribution is 6.08. The number of nitrogens with one attached hydrogen (secondary N) is 1. The summed E-state index contributed by atoms with van der Waals surface area (Å²) in [7, 11) is 0. The minimum atomic E-state index is -0.0343. The lowest BCUT2D eigenvalue weighted by molar-refractivity contribution is 0.104. The molecule has 2 heteroatoms. The van der Waals surface area contributed by atoms with Crippen LogP contribution in [0.4, 0.5) is 0 Å². The molecule has 0 unspecified atom stereocenters. The molecule has 0 aromatic heterocycles. The summed E-state index contributed by atoms with van der Waals surface area (Å²) < 4.78 is 0. The van der Waals surface area contributed by atoms with Crippen LogP contribution in [-0.2, 0) is 0 Å². The first kappa shape index (κ1) is 17.3. The molecule has 3 aromatic rings.